The maximum absolute atomic E-state index is 12.8. The van der Waals surface area contributed by atoms with Crippen LogP contribution in [0.3, 0.4) is 0 Å². The lowest BCUT2D eigenvalue weighted by Crippen LogP contribution is -2.28. The molecule has 1 aliphatic rings. The summed E-state index contributed by atoms with van der Waals surface area (Å²) in [5.41, 5.74) is 3.01. The average molecular weight is 504 g/mol. The molecule has 36 heavy (non-hydrogen) atoms. The standard InChI is InChI=1S/C27H26ClN5O3/c1-35-23-13-8-17(14-24(23)36-2)15-25(34)30-26-31-27-29-21(18-6-4-3-5-7-18)16-22(33(27)32-26)19-9-11-20(28)12-10-19/h3-14,21-22H,15-16H2,1-2H3,(H2,29,30,31,32,34)/t21-,22+/m1/s1. The van der Waals surface area contributed by atoms with Crippen molar-refractivity contribution in [2.24, 2.45) is 0 Å². The normalized spacial score (nSPS) is 16.5. The maximum atomic E-state index is 12.8. The topological polar surface area (TPSA) is 90.3 Å². The van der Waals surface area contributed by atoms with Crippen molar-refractivity contribution in [3.63, 3.8) is 0 Å². The molecular weight excluding hydrogens is 478 g/mol. The first-order valence-electron chi connectivity index (χ1n) is 11.6. The van der Waals surface area contributed by atoms with E-state index in [1.54, 1.807) is 26.4 Å². The number of carbonyl (C=O) groups is 1. The summed E-state index contributed by atoms with van der Waals surface area (Å²) < 4.78 is 12.4. The number of nitrogens with one attached hydrogen (secondary N) is 2. The summed E-state index contributed by atoms with van der Waals surface area (Å²) in [7, 11) is 3.14. The van der Waals surface area contributed by atoms with Crippen LogP contribution in [0.5, 0.6) is 11.5 Å². The molecule has 0 unspecified atom stereocenters. The number of ether oxygens (including phenoxy) is 2. The van der Waals surface area contributed by atoms with E-state index >= 15 is 0 Å². The summed E-state index contributed by atoms with van der Waals surface area (Å²) in [4.78, 5) is 17.4. The zero-order valence-corrected chi connectivity index (χ0v) is 20.7. The molecule has 0 saturated heterocycles. The molecule has 5 rings (SSSR count). The zero-order valence-electron chi connectivity index (χ0n) is 19.9. The van der Waals surface area contributed by atoms with Gasteiger partial charge in [-0.05, 0) is 47.4 Å². The highest BCUT2D eigenvalue weighted by Crippen LogP contribution is 2.38. The van der Waals surface area contributed by atoms with Gasteiger partial charge in [0.05, 0.1) is 32.7 Å². The number of nitrogens with zero attached hydrogens (tertiary/aromatic N) is 3. The fraction of sp³-hybridized carbons (Fsp3) is 0.222. The molecule has 0 fully saturated rings. The van der Waals surface area contributed by atoms with Crippen molar-refractivity contribution in [3.8, 4) is 11.5 Å². The molecule has 9 heteroatoms. The number of anilines is 2. The molecule has 0 saturated carbocycles. The number of aromatic nitrogens is 3. The van der Waals surface area contributed by atoms with Crippen LogP contribution in [-0.4, -0.2) is 34.9 Å². The number of carbonyl (C=O) groups excluding carboxylic acids is 1. The van der Waals surface area contributed by atoms with Crippen molar-refractivity contribution in [2.45, 2.75) is 24.9 Å². The number of hydrogen-bond donors (Lipinski definition) is 2. The first kappa shape index (κ1) is 23.7. The van der Waals surface area contributed by atoms with Crippen LogP contribution in [0.4, 0.5) is 11.9 Å². The zero-order chi connectivity index (χ0) is 25.1. The minimum atomic E-state index is -0.229. The molecule has 1 aliphatic heterocycles. The van der Waals surface area contributed by atoms with Gasteiger partial charge in [-0.25, -0.2) is 4.68 Å². The molecule has 0 radical (unpaired) electrons. The molecule has 0 aliphatic carbocycles. The number of fused-ring (bicyclic) bond motifs is 1. The van der Waals surface area contributed by atoms with Crippen molar-refractivity contribution < 1.29 is 14.3 Å². The maximum Gasteiger partial charge on any atom is 0.250 e. The second kappa shape index (κ2) is 10.3. The van der Waals surface area contributed by atoms with E-state index in [2.05, 4.69) is 32.8 Å². The number of benzene rings is 3. The van der Waals surface area contributed by atoms with Gasteiger partial charge >= 0.3 is 0 Å². The van der Waals surface area contributed by atoms with Gasteiger partial charge in [-0.3, -0.25) is 10.1 Å². The first-order valence-corrected chi connectivity index (χ1v) is 12.0. The van der Waals surface area contributed by atoms with Crippen molar-refractivity contribution >= 4 is 29.4 Å². The first-order chi connectivity index (χ1) is 17.5. The summed E-state index contributed by atoms with van der Waals surface area (Å²) in [5.74, 6) is 1.79. The molecule has 2 atom stereocenters. The van der Waals surface area contributed by atoms with Gasteiger partial charge in [-0.2, -0.15) is 4.98 Å². The average Bonchev–Trinajstić information content (AvgIpc) is 3.31. The molecule has 2 heterocycles. The SMILES string of the molecule is COc1ccc(CC(=O)Nc2nc3n(n2)[C@H](c2ccc(Cl)cc2)C[C@H](c2ccccc2)N3)cc1OC. The van der Waals surface area contributed by atoms with Gasteiger partial charge in [0.1, 0.15) is 0 Å². The van der Waals surface area contributed by atoms with Crippen LogP contribution in [0.1, 0.15) is 35.2 Å². The predicted molar refractivity (Wildman–Crippen MR) is 139 cm³/mol. The Bertz CT molecular complexity index is 1360. The van der Waals surface area contributed by atoms with Crippen LogP contribution < -0.4 is 20.1 Å². The van der Waals surface area contributed by atoms with Gasteiger partial charge in [0.2, 0.25) is 11.9 Å². The quantitative estimate of drug-likeness (QED) is 0.357. The largest absolute Gasteiger partial charge is 0.493 e. The molecule has 4 aromatic rings. The number of methoxy groups -OCH3 is 2. The Hall–Kier alpha value is -4.04. The van der Waals surface area contributed by atoms with E-state index < -0.39 is 0 Å². The van der Waals surface area contributed by atoms with Crippen LogP contribution in [-0.2, 0) is 11.2 Å². The van der Waals surface area contributed by atoms with E-state index in [1.807, 2.05) is 53.2 Å². The van der Waals surface area contributed by atoms with Gasteiger partial charge < -0.3 is 14.8 Å². The second-order valence-corrected chi connectivity index (χ2v) is 8.96. The molecule has 8 nitrogen and oxygen atoms in total. The van der Waals surface area contributed by atoms with E-state index in [4.69, 9.17) is 21.1 Å². The van der Waals surface area contributed by atoms with Crippen molar-refractivity contribution in [3.05, 3.63) is 94.5 Å². The Kier molecular flexibility index (Phi) is 6.77. The molecule has 1 amide bonds. The summed E-state index contributed by atoms with van der Waals surface area (Å²) in [5, 5.41) is 11.6. The van der Waals surface area contributed by atoms with E-state index in [0.717, 1.165) is 23.1 Å². The monoisotopic (exact) mass is 503 g/mol. The molecule has 2 N–H and O–H groups in total. The Morgan fingerprint density at radius 3 is 2.50 bits per heavy atom. The lowest BCUT2D eigenvalue weighted by molar-refractivity contribution is -0.115. The van der Waals surface area contributed by atoms with Crippen molar-refractivity contribution in [1.29, 1.82) is 0 Å². The van der Waals surface area contributed by atoms with E-state index in [1.165, 1.54) is 0 Å². The smallest absolute Gasteiger partial charge is 0.250 e. The molecule has 0 spiro atoms. The highest BCUT2D eigenvalue weighted by atomic mass is 35.5. The molecular formula is C27H26ClN5O3. The number of rotatable bonds is 7. The fourth-order valence-electron chi connectivity index (χ4n) is 4.44. The van der Waals surface area contributed by atoms with Crippen molar-refractivity contribution in [2.75, 3.05) is 24.9 Å². The fourth-order valence-corrected chi connectivity index (χ4v) is 4.57. The Balaban J connectivity index is 1.39. The van der Waals surface area contributed by atoms with Crippen LogP contribution in [0, 0.1) is 0 Å². The Morgan fingerprint density at radius 2 is 1.78 bits per heavy atom. The third-order valence-corrected chi connectivity index (χ3v) is 6.46. The van der Waals surface area contributed by atoms with E-state index in [9.17, 15) is 4.79 Å². The lowest BCUT2D eigenvalue weighted by Gasteiger charge is -2.31. The van der Waals surface area contributed by atoms with Crippen molar-refractivity contribution in [1.82, 2.24) is 14.8 Å². The number of hydrogen-bond acceptors (Lipinski definition) is 6. The van der Waals surface area contributed by atoms with Gasteiger partial charge in [0, 0.05) is 5.02 Å². The van der Waals surface area contributed by atoms with Gasteiger partial charge in [-0.1, -0.05) is 60.1 Å². The number of amides is 1. The molecule has 3 aromatic carbocycles. The lowest BCUT2D eigenvalue weighted by atomic mass is 9.93. The van der Waals surface area contributed by atoms with Gasteiger partial charge in [-0.15, -0.1) is 5.10 Å². The summed E-state index contributed by atoms with van der Waals surface area (Å²) >= 11 is 6.13. The molecule has 184 valence electrons. The number of halogens is 1. The highest BCUT2D eigenvalue weighted by molar-refractivity contribution is 6.30. The van der Waals surface area contributed by atoms with Crippen LogP contribution in [0.2, 0.25) is 5.02 Å². The predicted octanol–water partition coefficient (Wildman–Crippen LogP) is 5.28. The second-order valence-electron chi connectivity index (χ2n) is 8.53. The van der Waals surface area contributed by atoms with Crippen LogP contribution >= 0.6 is 11.6 Å². The molecule has 0 bridgehead atoms. The minimum absolute atomic E-state index is 0.0406. The van der Waals surface area contributed by atoms with E-state index in [-0.39, 0.29) is 30.4 Å². The van der Waals surface area contributed by atoms with Crippen LogP contribution in [0.25, 0.3) is 0 Å². The Labute approximate surface area is 214 Å². The third-order valence-electron chi connectivity index (χ3n) is 6.21. The van der Waals surface area contributed by atoms with E-state index in [0.29, 0.717) is 22.5 Å². The van der Waals surface area contributed by atoms with Gasteiger partial charge in [0.25, 0.3) is 5.95 Å². The van der Waals surface area contributed by atoms with Crippen LogP contribution in [0.15, 0.2) is 72.8 Å². The highest BCUT2D eigenvalue weighted by Gasteiger charge is 2.31. The third kappa shape index (κ3) is 4.99. The summed E-state index contributed by atoms with van der Waals surface area (Å²) in [6, 6.07) is 23.3. The van der Waals surface area contributed by atoms with Gasteiger partial charge in [0.15, 0.2) is 11.5 Å². The minimum Gasteiger partial charge on any atom is -0.493 e. The summed E-state index contributed by atoms with van der Waals surface area (Å²) in [6.07, 6.45) is 0.909. The summed E-state index contributed by atoms with van der Waals surface area (Å²) in [6.45, 7) is 0. The molecule has 1 aromatic heterocycles. The Morgan fingerprint density at radius 1 is 1.03 bits per heavy atom.